The molecule has 104 valence electrons. The van der Waals surface area contributed by atoms with Gasteiger partial charge in [-0.25, -0.2) is 0 Å². The van der Waals surface area contributed by atoms with Crippen molar-refractivity contribution in [2.24, 2.45) is 10.9 Å². The van der Waals surface area contributed by atoms with Gasteiger partial charge in [0.15, 0.2) is 0 Å². The first-order chi connectivity index (χ1) is 8.72. The van der Waals surface area contributed by atoms with E-state index in [1.54, 1.807) is 0 Å². The molecule has 0 saturated heterocycles. The first-order valence-corrected chi connectivity index (χ1v) is 6.69. The highest BCUT2D eigenvalue weighted by Crippen LogP contribution is 2.18. The van der Waals surface area contributed by atoms with Crippen LogP contribution >= 0.6 is 0 Å². The zero-order chi connectivity index (χ0) is 13.2. The van der Waals surface area contributed by atoms with E-state index < -0.39 is 0 Å². The number of hydrogen-bond donors (Lipinski definition) is 4. The average Bonchev–Trinajstić information content (AvgIpc) is 3.16. The monoisotopic (exact) mass is 256 g/mol. The lowest BCUT2D eigenvalue weighted by Crippen LogP contribution is -2.26. The molecule has 18 heavy (non-hydrogen) atoms. The van der Waals surface area contributed by atoms with E-state index in [0.717, 1.165) is 45.2 Å². The Balaban J connectivity index is 1.79. The maximum atomic E-state index is 11.3. The van der Waals surface area contributed by atoms with Gasteiger partial charge in [0, 0.05) is 18.9 Å². The van der Waals surface area contributed by atoms with E-state index in [0.29, 0.717) is 18.9 Å². The molecule has 5 N–H and O–H groups in total. The van der Waals surface area contributed by atoms with Gasteiger partial charge in [-0.1, -0.05) is 5.16 Å². The number of nitrogens with zero attached hydrogens (tertiary/aromatic N) is 1. The van der Waals surface area contributed by atoms with Crippen LogP contribution in [0, 0.1) is 0 Å². The van der Waals surface area contributed by atoms with Crippen LogP contribution in [-0.4, -0.2) is 36.1 Å². The SMILES string of the molecule is NC(CCCCNCCCC(=O)NC1CC1)=NO. The molecular weight excluding hydrogens is 232 g/mol. The number of amides is 1. The van der Waals surface area contributed by atoms with Gasteiger partial charge in [0.2, 0.25) is 5.91 Å². The van der Waals surface area contributed by atoms with Crippen molar-refractivity contribution in [2.75, 3.05) is 13.1 Å². The number of hydrogen-bond acceptors (Lipinski definition) is 4. The maximum absolute atomic E-state index is 11.3. The van der Waals surface area contributed by atoms with Crippen molar-refractivity contribution < 1.29 is 10.0 Å². The van der Waals surface area contributed by atoms with E-state index in [-0.39, 0.29) is 11.7 Å². The van der Waals surface area contributed by atoms with Gasteiger partial charge in [-0.15, -0.1) is 0 Å². The summed E-state index contributed by atoms with van der Waals surface area (Å²) in [6.07, 6.45) is 6.29. The lowest BCUT2D eigenvalue weighted by molar-refractivity contribution is -0.121. The molecule has 0 bridgehead atoms. The maximum Gasteiger partial charge on any atom is 0.220 e. The van der Waals surface area contributed by atoms with Crippen molar-refractivity contribution in [3.05, 3.63) is 0 Å². The minimum Gasteiger partial charge on any atom is -0.409 e. The van der Waals surface area contributed by atoms with Crippen LogP contribution in [0.4, 0.5) is 0 Å². The topological polar surface area (TPSA) is 99.7 Å². The highest BCUT2D eigenvalue weighted by atomic mass is 16.4. The summed E-state index contributed by atoms with van der Waals surface area (Å²) in [7, 11) is 0. The normalized spacial score (nSPS) is 15.7. The van der Waals surface area contributed by atoms with Crippen LogP contribution in [0.1, 0.15) is 44.9 Å². The van der Waals surface area contributed by atoms with Crippen LogP contribution in [-0.2, 0) is 4.79 Å². The summed E-state index contributed by atoms with van der Waals surface area (Å²) in [5.74, 6) is 0.456. The van der Waals surface area contributed by atoms with E-state index in [4.69, 9.17) is 10.9 Å². The summed E-state index contributed by atoms with van der Waals surface area (Å²) in [5, 5.41) is 17.5. The smallest absolute Gasteiger partial charge is 0.220 e. The molecule has 1 amide bonds. The van der Waals surface area contributed by atoms with Gasteiger partial charge in [0.05, 0.1) is 0 Å². The Hall–Kier alpha value is -1.30. The molecule has 1 aliphatic rings. The second kappa shape index (κ2) is 8.74. The average molecular weight is 256 g/mol. The summed E-state index contributed by atoms with van der Waals surface area (Å²) in [5.41, 5.74) is 5.35. The van der Waals surface area contributed by atoms with Gasteiger partial charge in [-0.3, -0.25) is 4.79 Å². The molecule has 0 radical (unpaired) electrons. The third kappa shape index (κ3) is 7.89. The minimum atomic E-state index is 0.172. The fourth-order valence-electron chi connectivity index (χ4n) is 1.63. The third-order valence-electron chi connectivity index (χ3n) is 2.86. The summed E-state index contributed by atoms with van der Waals surface area (Å²) in [6, 6.07) is 0.462. The molecule has 1 rings (SSSR count). The Labute approximate surface area is 108 Å². The van der Waals surface area contributed by atoms with Gasteiger partial charge in [0.1, 0.15) is 5.84 Å². The van der Waals surface area contributed by atoms with Gasteiger partial charge in [-0.05, 0) is 45.2 Å². The molecule has 0 aromatic rings. The third-order valence-corrected chi connectivity index (χ3v) is 2.86. The lowest BCUT2D eigenvalue weighted by Gasteiger charge is -2.05. The number of carbonyl (C=O) groups excluding carboxylic acids is 1. The highest BCUT2D eigenvalue weighted by molar-refractivity contribution is 5.79. The number of unbranched alkanes of at least 4 members (excludes halogenated alkanes) is 1. The quantitative estimate of drug-likeness (QED) is 0.151. The van der Waals surface area contributed by atoms with Crippen molar-refractivity contribution in [1.82, 2.24) is 10.6 Å². The van der Waals surface area contributed by atoms with Crippen molar-refractivity contribution in [2.45, 2.75) is 51.0 Å². The number of oxime groups is 1. The van der Waals surface area contributed by atoms with E-state index in [1.807, 2.05) is 0 Å². The molecule has 0 aliphatic heterocycles. The predicted molar refractivity (Wildman–Crippen MR) is 70.5 cm³/mol. The minimum absolute atomic E-state index is 0.172. The van der Waals surface area contributed by atoms with Crippen LogP contribution in [0.5, 0.6) is 0 Å². The number of carbonyl (C=O) groups is 1. The van der Waals surface area contributed by atoms with Crippen molar-refractivity contribution in [1.29, 1.82) is 0 Å². The molecule has 1 saturated carbocycles. The zero-order valence-corrected chi connectivity index (χ0v) is 10.8. The molecule has 0 heterocycles. The van der Waals surface area contributed by atoms with Crippen LogP contribution in [0.25, 0.3) is 0 Å². The number of nitrogens with two attached hydrogens (primary N) is 1. The van der Waals surface area contributed by atoms with Crippen LogP contribution in [0.3, 0.4) is 0 Å². The van der Waals surface area contributed by atoms with Crippen molar-refractivity contribution >= 4 is 11.7 Å². The fourth-order valence-corrected chi connectivity index (χ4v) is 1.63. The molecule has 0 aromatic carbocycles. The predicted octanol–water partition coefficient (Wildman–Crippen LogP) is 0.552. The van der Waals surface area contributed by atoms with E-state index >= 15 is 0 Å². The van der Waals surface area contributed by atoms with Gasteiger partial charge < -0.3 is 21.6 Å². The number of rotatable bonds is 10. The Morgan fingerprint density at radius 3 is 2.61 bits per heavy atom. The standard InChI is InChI=1S/C12H24N4O2/c13-11(16-18)4-1-2-8-14-9-3-5-12(17)15-10-6-7-10/h10,14,18H,1-9H2,(H2,13,16)(H,15,17). The molecule has 1 fully saturated rings. The Morgan fingerprint density at radius 2 is 1.94 bits per heavy atom. The Bertz CT molecular complexity index is 277. The van der Waals surface area contributed by atoms with Crippen molar-refractivity contribution in [3.8, 4) is 0 Å². The summed E-state index contributed by atoms with van der Waals surface area (Å²) >= 11 is 0. The lowest BCUT2D eigenvalue weighted by atomic mass is 10.2. The summed E-state index contributed by atoms with van der Waals surface area (Å²) < 4.78 is 0. The van der Waals surface area contributed by atoms with Gasteiger partial charge in [0.25, 0.3) is 0 Å². The van der Waals surface area contributed by atoms with E-state index in [1.165, 1.54) is 0 Å². The number of amidine groups is 1. The first-order valence-electron chi connectivity index (χ1n) is 6.69. The Kier molecular flexibility index (Phi) is 7.17. The second-order valence-corrected chi connectivity index (χ2v) is 4.74. The molecule has 0 atom stereocenters. The Morgan fingerprint density at radius 1 is 1.22 bits per heavy atom. The molecule has 1 aliphatic carbocycles. The fraction of sp³-hybridized carbons (Fsp3) is 0.833. The van der Waals surface area contributed by atoms with Crippen molar-refractivity contribution in [3.63, 3.8) is 0 Å². The molecule has 6 nitrogen and oxygen atoms in total. The summed E-state index contributed by atoms with van der Waals surface area (Å²) in [6.45, 7) is 1.77. The van der Waals surface area contributed by atoms with Crippen LogP contribution < -0.4 is 16.4 Å². The van der Waals surface area contributed by atoms with Crippen LogP contribution in [0.2, 0.25) is 0 Å². The molecule has 0 aromatic heterocycles. The number of nitrogens with one attached hydrogen (secondary N) is 2. The highest BCUT2D eigenvalue weighted by Gasteiger charge is 2.22. The summed E-state index contributed by atoms with van der Waals surface area (Å²) in [4.78, 5) is 11.3. The zero-order valence-electron chi connectivity index (χ0n) is 10.8. The van der Waals surface area contributed by atoms with Gasteiger partial charge >= 0.3 is 0 Å². The van der Waals surface area contributed by atoms with E-state index in [2.05, 4.69) is 15.8 Å². The van der Waals surface area contributed by atoms with Gasteiger partial charge in [-0.2, -0.15) is 0 Å². The molecule has 6 heteroatoms. The second-order valence-electron chi connectivity index (χ2n) is 4.74. The molecule has 0 spiro atoms. The molecule has 0 unspecified atom stereocenters. The van der Waals surface area contributed by atoms with E-state index in [9.17, 15) is 4.79 Å². The molecular formula is C12H24N4O2. The first kappa shape index (κ1) is 14.8. The largest absolute Gasteiger partial charge is 0.409 e. The van der Waals surface area contributed by atoms with Crippen LogP contribution in [0.15, 0.2) is 5.16 Å².